The van der Waals surface area contributed by atoms with Gasteiger partial charge < -0.3 is 15.0 Å². The van der Waals surface area contributed by atoms with Gasteiger partial charge in [0.05, 0.1) is 6.54 Å². The van der Waals surface area contributed by atoms with Crippen LogP contribution in [0.25, 0.3) is 0 Å². The standard InChI is InChI=1S/C17H19FN2OS/c1-20(11-12-21-16-5-3-2-4-6-16)17(22)19-13-14-7-9-15(18)10-8-14/h2-10H,11-13H2,1H3,(H,19,22). The summed E-state index contributed by atoms with van der Waals surface area (Å²) in [7, 11) is 1.91. The van der Waals surface area contributed by atoms with E-state index >= 15 is 0 Å². The number of nitrogens with one attached hydrogen (secondary N) is 1. The van der Waals surface area contributed by atoms with Crippen molar-refractivity contribution in [2.75, 3.05) is 20.2 Å². The molecule has 0 saturated carbocycles. The normalized spacial score (nSPS) is 10.1. The molecular formula is C17H19FN2OS. The molecule has 3 nitrogen and oxygen atoms in total. The van der Waals surface area contributed by atoms with Crippen molar-refractivity contribution in [1.29, 1.82) is 0 Å². The molecule has 1 N–H and O–H groups in total. The van der Waals surface area contributed by atoms with Crippen LogP contribution in [-0.2, 0) is 6.54 Å². The van der Waals surface area contributed by atoms with Gasteiger partial charge in [0.2, 0.25) is 0 Å². The summed E-state index contributed by atoms with van der Waals surface area (Å²) in [5.74, 6) is 0.614. The molecule has 0 aliphatic heterocycles. The van der Waals surface area contributed by atoms with Crippen molar-refractivity contribution >= 4 is 17.3 Å². The third-order valence-corrected chi connectivity index (χ3v) is 3.60. The quantitative estimate of drug-likeness (QED) is 0.827. The third kappa shape index (κ3) is 5.33. The van der Waals surface area contributed by atoms with E-state index in [0.29, 0.717) is 24.8 Å². The summed E-state index contributed by atoms with van der Waals surface area (Å²) in [6, 6.07) is 16.0. The molecule has 0 unspecified atom stereocenters. The topological polar surface area (TPSA) is 24.5 Å². The van der Waals surface area contributed by atoms with E-state index in [9.17, 15) is 4.39 Å². The Morgan fingerprint density at radius 3 is 2.50 bits per heavy atom. The van der Waals surface area contributed by atoms with Crippen LogP contribution in [0.1, 0.15) is 5.56 Å². The Balaban J connectivity index is 1.69. The Kier molecular flexibility index (Phi) is 6.15. The fraction of sp³-hybridized carbons (Fsp3) is 0.235. The predicted octanol–water partition coefficient (Wildman–Crippen LogP) is 3.21. The molecule has 116 valence electrons. The number of nitrogens with zero attached hydrogens (tertiary/aromatic N) is 1. The molecule has 2 aromatic carbocycles. The van der Waals surface area contributed by atoms with Crippen LogP contribution < -0.4 is 10.1 Å². The summed E-state index contributed by atoms with van der Waals surface area (Å²) in [4.78, 5) is 1.92. The maximum Gasteiger partial charge on any atom is 0.169 e. The van der Waals surface area contributed by atoms with E-state index in [-0.39, 0.29) is 5.82 Å². The van der Waals surface area contributed by atoms with Gasteiger partial charge in [0.15, 0.2) is 5.11 Å². The second-order valence-corrected chi connectivity index (χ2v) is 5.25. The predicted molar refractivity (Wildman–Crippen MR) is 90.4 cm³/mol. The largest absolute Gasteiger partial charge is 0.492 e. The zero-order chi connectivity index (χ0) is 15.8. The zero-order valence-corrected chi connectivity index (χ0v) is 13.3. The Hall–Kier alpha value is -2.14. The Morgan fingerprint density at radius 1 is 1.14 bits per heavy atom. The molecule has 0 bridgehead atoms. The van der Waals surface area contributed by atoms with Gasteiger partial charge in [-0.1, -0.05) is 30.3 Å². The van der Waals surface area contributed by atoms with Crippen LogP contribution in [0, 0.1) is 5.82 Å². The SMILES string of the molecule is CN(CCOc1ccccc1)C(=S)NCc1ccc(F)cc1. The smallest absolute Gasteiger partial charge is 0.169 e. The first-order valence-corrected chi connectivity index (χ1v) is 7.47. The van der Waals surface area contributed by atoms with E-state index in [0.717, 1.165) is 11.3 Å². The van der Waals surface area contributed by atoms with Crippen LogP contribution in [0.2, 0.25) is 0 Å². The summed E-state index contributed by atoms with van der Waals surface area (Å²) >= 11 is 5.32. The van der Waals surface area contributed by atoms with Crippen molar-refractivity contribution in [3.63, 3.8) is 0 Å². The Bertz CT molecular complexity index is 589. The molecule has 0 amide bonds. The van der Waals surface area contributed by atoms with Gasteiger partial charge in [0.25, 0.3) is 0 Å². The maximum atomic E-state index is 12.8. The zero-order valence-electron chi connectivity index (χ0n) is 12.5. The molecule has 2 rings (SSSR count). The van der Waals surface area contributed by atoms with Crippen LogP contribution in [0.15, 0.2) is 54.6 Å². The van der Waals surface area contributed by atoms with Crippen molar-refractivity contribution in [2.24, 2.45) is 0 Å². The first-order chi connectivity index (χ1) is 10.6. The second kappa shape index (κ2) is 8.34. The molecule has 5 heteroatoms. The highest BCUT2D eigenvalue weighted by Gasteiger charge is 2.04. The molecule has 0 fully saturated rings. The summed E-state index contributed by atoms with van der Waals surface area (Å²) in [6.45, 7) is 1.81. The lowest BCUT2D eigenvalue weighted by Gasteiger charge is -2.21. The fourth-order valence-corrected chi connectivity index (χ4v) is 2.00. The number of ether oxygens (including phenoxy) is 1. The van der Waals surface area contributed by atoms with Crippen LogP contribution in [0.5, 0.6) is 5.75 Å². The number of para-hydroxylation sites is 1. The minimum Gasteiger partial charge on any atom is -0.492 e. The van der Waals surface area contributed by atoms with Crippen molar-refractivity contribution in [3.8, 4) is 5.75 Å². The van der Waals surface area contributed by atoms with Crippen molar-refractivity contribution < 1.29 is 9.13 Å². The highest BCUT2D eigenvalue weighted by atomic mass is 32.1. The minimum absolute atomic E-state index is 0.235. The molecule has 0 atom stereocenters. The minimum atomic E-state index is -0.235. The van der Waals surface area contributed by atoms with Gasteiger partial charge in [0.1, 0.15) is 18.2 Å². The number of hydrogen-bond donors (Lipinski definition) is 1. The van der Waals surface area contributed by atoms with E-state index in [4.69, 9.17) is 17.0 Å². The van der Waals surface area contributed by atoms with Gasteiger partial charge in [0, 0.05) is 13.6 Å². The fourth-order valence-electron chi connectivity index (χ4n) is 1.83. The van der Waals surface area contributed by atoms with Crippen LogP contribution >= 0.6 is 12.2 Å². The molecule has 0 aliphatic carbocycles. The average molecular weight is 318 g/mol. The highest BCUT2D eigenvalue weighted by Crippen LogP contribution is 2.08. The molecule has 0 radical (unpaired) electrons. The summed E-state index contributed by atoms with van der Waals surface area (Å²) in [5.41, 5.74) is 0.984. The number of thiocarbonyl (C=S) groups is 1. The Labute approximate surface area is 135 Å². The first kappa shape index (κ1) is 16.2. The van der Waals surface area contributed by atoms with Crippen LogP contribution in [0.3, 0.4) is 0 Å². The Morgan fingerprint density at radius 2 is 1.82 bits per heavy atom. The van der Waals surface area contributed by atoms with Gasteiger partial charge in [-0.3, -0.25) is 0 Å². The molecule has 2 aromatic rings. The molecular weight excluding hydrogens is 299 g/mol. The number of hydrogen-bond acceptors (Lipinski definition) is 2. The number of rotatable bonds is 6. The number of likely N-dealkylation sites (N-methyl/N-ethyl adjacent to an activating group) is 1. The number of benzene rings is 2. The van der Waals surface area contributed by atoms with Crippen LogP contribution in [-0.4, -0.2) is 30.2 Å². The molecule has 0 saturated heterocycles. The number of halogens is 1. The summed E-state index contributed by atoms with van der Waals surface area (Å²) < 4.78 is 18.5. The van der Waals surface area contributed by atoms with E-state index < -0.39 is 0 Å². The van der Waals surface area contributed by atoms with Gasteiger partial charge in [-0.25, -0.2) is 4.39 Å². The van der Waals surface area contributed by atoms with Crippen molar-refractivity contribution in [2.45, 2.75) is 6.54 Å². The summed E-state index contributed by atoms with van der Waals surface area (Å²) in [5, 5.41) is 3.79. The van der Waals surface area contributed by atoms with E-state index in [1.165, 1.54) is 12.1 Å². The van der Waals surface area contributed by atoms with Crippen LogP contribution in [0.4, 0.5) is 4.39 Å². The molecule has 0 aliphatic rings. The van der Waals surface area contributed by atoms with E-state index in [2.05, 4.69) is 5.32 Å². The van der Waals surface area contributed by atoms with Gasteiger partial charge >= 0.3 is 0 Å². The monoisotopic (exact) mass is 318 g/mol. The van der Waals surface area contributed by atoms with E-state index in [1.54, 1.807) is 12.1 Å². The molecule has 0 spiro atoms. The third-order valence-electron chi connectivity index (χ3n) is 3.14. The van der Waals surface area contributed by atoms with Crippen molar-refractivity contribution in [3.05, 3.63) is 66.0 Å². The maximum absolute atomic E-state index is 12.8. The lowest BCUT2D eigenvalue weighted by molar-refractivity contribution is 0.283. The highest BCUT2D eigenvalue weighted by molar-refractivity contribution is 7.80. The average Bonchev–Trinajstić information content (AvgIpc) is 2.55. The molecule has 22 heavy (non-hydrogen) atoms. The van der Waals surface area contributed by atoms with Crippen molar-refractivity contribution in [1.82, 2.24) is 10.2 Å². The van der Waals surface area contributed by atoms with Gasteiger partial charge in [-0.15, -0.1) is 0 Å². The van der Waals surface area contributed by atoms with Gasteiger partial charge in [-0.05, 0) is 42.0 Å². The summed E-state index contributed by atoms with van der Waals surface area (Å²) in [6.07, 6.45) is 0. The second-order valence-electron chi connectivity index (χ2n) is 4.87. The lowest BCUT2D eigenvalue weighted by atomic mass is 10.2. The first-order valence-electron chi connectivity index (χ1n) is 7.06. The van der Waals surface area contributed by atoms with E-state index in [1.807, 2.05) is 42.3 Å². The lowest BCUT2D eigenvalue weighted by Crippen LogP contribution is -2.38. The molecule has 0 heterocycles. The van der Waals surface area contributed by atoms with Gasteiger partial charge in [-0.2, -0.15) is 0 Å². The molecule has 0 aromatic heterocycles.